The first-order valence-corrected chi connectivity index (χ1v) is 4.18. The van der Waals surface area contributed by atoms with Crippen molar-refractivity contribution >= 4 is 33.5 Å². The number of benzene rings is 1. The lowest BCUT2D eigenvalue weighted by Crippen LogP contribution is -2.04. The first kappa shape index (κ1) is 10.4. The fraction of sp³-hybridized carbons (Fsp3) is 0. The van der Waals surface area contributed by atoms with Crippen molar-refractivity contribution in [3.05, 3.63) is 32.8 Å². The Morgan fingerprint density at radius 3 is 2.46 bits per heavy atom. The van der Waals surface area contributed by atoms with Crippen LogP contribution in [0.4, 0.5) is 8.78 Å². The van der Waals surface area contributed by atoms with Gasteiger partial charge in [-0.15, -0.1) is 0 Å². The van der Waals surface area contributed by atoms with Crippen LogP contribution >= 0.6 is 27.5 Å². The van der Waals surface area contributed by atoms with E-state index in [2.05, 4.69) is 15.9 Å². The van der Waals surface area contributed by atoms with Crippen molar-refractivity contribution in [2.24, 2.45) is 0 Å². The van der Waals surface area contributed by atoms with Gasteiger partial charge in [-0.05, 0) is 22.0 Å². The van der Waals surface area contributed by atoms with Gasteiger partial charge in [-0.25, -0.2) is 13.6 Å². The predicted molar refractivity (Wildman–Crippen MR) is 46.0 cm³/mol. The van der Waals surface area contributed by atoms with Crippen LogP contribution in [0.25, 0.3) is 0 Å². The Kier molecular flexibility index (Phi) is 2.87. The third-order valence-corrected chi connectivity index (χ3v) is 2.23. The molecule has 0 heterocycles. The Morgan fingerprint density at radius 1 is 1.46 bits per heavy atom. The lowest BCUT2D eigenvalue weighted by molar-refractivity contribution is 0.0689. The van der Waals surface area contributed by atoms with E-state index in [-0.39, 0.29) is 4.47 Å². The summed E-state index contributed by atoms with van der Waals surface area (Å²) >= 11 is 8.02. The second-order valence-corrected chi connectivity index (χ2v) is 3.41. The molecule has 1 N–H and O–H groups in total. The molecule has 1 aromatic rings. The number of carbonyl (C=O) groups is 1. The van der Waals surface area contributed by atoms with E-state index in [1.54, 1.807) is 0 Å². The summed E-state index contributed by atoms with van der Waals surface area (Å²) in [4.78, 5) is 10.4. The lowest BCUT2D eigenvalue weighted by atomic mass is 10.2. The second-order valence-electron chi connectivity index (χ2n) is 2.15. The Bertz CT molecular complexity index is 381. The Morgan fingerprint density at radius 2 is 2.00 bits per heavy atom. The van der Waals surface area contributed by atoms with Crippen molar-refractivity contribution in [3.8, 4) is 0 Å². The monoisotopic (exact) mass is 270 g/mol. The molecule has 1 rings (SSSR count). The van der Waals surface area contributed by atoms with E-state index in [0.29, 0.717) is 0 Å². The number of aromatic carboxylic acids is 1. The summed E-state index contributed by atoms with van der Waals surface area (Å²) in [5, 5.41) is 8.02. The minimum atomic E-state index is -1.56. The third kappa shape index (κ3) is 1.81. The van der Waals surface area contributed by atoms with Gasteiger partial charge in [0, 0.05) is 4.47 Å². The van der Waals surface area contributed by atoms with Crippen LogP contribution in [0.5, 0.6) is 0 Å². The second kappa shape index (κ2) is 3.59. The molecular weight excluding hydrogens is 269 g/mol. The zero-order valence-corrected chi connectivity index (χ0v) is 8.29. The highest BCUT2D eigenvalue weighted by molar-refractivity contribution is 9.10. The quantitative estimate of drug-likeness (QED) is 0.629. The number of rotatable bonds is 1. The maximum absolute atomic E-state index is 12.9. The van der Waals surface area contributed by atoms with E-state index in [4.69, 9.17) is 16.7 Å². The Balaban J connectivity index is 3.53. The number of hydrogen-bond donors (Lipinski definition) is 1. The average molecular weight is 271 g/mol. The third-order valence-electron chi connectivity index (χ3n) is 1.33. The molecule has 0 amide bonds. The van der Waals surface area contributed by atoms with Gasteiger partial charge in [-0.2, -0.15) is 0 Å². The average Bonchev–Trinajstić information content (AvgIpc) is 1.99. The SMILES string of the molecule is O=C(O)c1c(Br)cc(Cl)c(F)c1F. The molecule has 13 heavy (non-hydrogen) atoms. The molecule has 0 unspecified atom stereocenters. The first-order chi connectivity index (χ1) is 5.95. The van der Waals surface area contributed by atoms with E-state index >= 15 is 0 Å². The van der Waals surface area contributed by atoms with E-state index < -0.39 is 28.2 Å². The van der Waals surface area contributed by atoms with Crippen molar-refractivity contribution in [1.82, 2.24) is 0 Å². The molecule has 1 aromatic carbocycles. The zero-order valence-electron chi connectivity index (χ0n) is 5.94. The topological polar surface area (TPSA) is 37.3 Å². The molecule has 0 atom stereocenters. The van der Waals surface area contributed by atoms with Gasteiger partial charge in [0.1, 0.15) is 5.56 Å². The highest BCUT2D eigenvalue weighted by Crippen LogP contribution is 2.28. The summed E-state index contributed by atoms with van der Waals surface area (Å²) < 4.78 is 25.6. The van der Waals surface area contributed by atoms with Crippen molar-refractivity contribution in [1.29, 1.82) is 0 Å². The summed E-state index contributed by atoms with van der Waals surface area (Å²) in [6.45, 7) is 0. The van der Waals surface area contributed by atoms with Gasteiger partial charge in [-0.3, -0.25) is 0 Å². The van der Waals surface area contributed by atoms with Crippen LogP contribution in [-0.2, 0) is 0 Å². The number of hydrogen-bond acceptors (Lipinski definition) is 1. The molecule has 6 heteroatoms. The minimum Gasteiger partial charge on any atom is -0.478 e. The summed E-state index contributed by atoms with van der Waals surface area (Å²) in [5.41, 5.74) is -0.762. The van der Waals surface area contributed by atoms with Crippen molar-refractivity contribution < 1.29 is 18.7 Å². The normalized spacial score (nSPS) is 10.2. The summed E-state index contributed by atoms with van der Waals surface area (Å²) in [7, 11) is 0. The van der Waals surface area contributed by atoms with Gasteiger partial charge in [0.05, 0.1) is 5.02 Å². The number of carboxylic acids is 1. The van der Waals surface area contributed by atoms with Crippen molar-refractivity contribution in [3.63, 3.8) is 0 Å². The van der Waals surface area contributed by atoms with Crippen LogP contribution in [0, 0.1) is 11.6 Å². The molecule has 0 fully saturated rings. The van der Waals surface area contributed by atoms with Crippen LogP contribution in [0.15, 0.2) is 10.5 Å². The molecule has 0 saturated carbocycles. The van der Waals surface area contributed by atoms with Gasteiger partial charge in [0.2, 0.25) is 0 Å². The maximum Gasteiger partial charge on any atom is 0.339 e. The van der Waals surface area contributed by atoms with Crippen LogP contribution in [0.2, 0.25) is 5.02 Å². The van der Waals surface area contributed by atoms with Gasteiger partial charge in [0.15, 0.2) is 11.6 Å². The molecule has 0 aliphatic carbocycles. The molecule has 0 radical (unpaired) electrons. The highest BCUT2D eigenvalue weighted by Gasteiger charge is 2.21. The van der Waals surface area contributed by atoms with E-state index in [1.807, 2.05) is 0 Å². The first-order valence-electron chi connectivity index (χ1n) is 3.01. The van der Waals surface area contributed by atoms with Crippen molar-refractivity contribution in [2.45, 2.75) is 0 Å². The van der Waals surface area contributed by atoms with Gasteiger partial charge in [0.25, 0.3) is 0 Å². The van der Waals surface area contributed by atoms with E-state index in [9.17, 15) is 13.6 Å². The highest BCUT2D eigenvalue weighted by atomic mass is 79.9. The van der Waals surface area contributed by atoms with Gasteiger partial charge in [-0.1, -0.05) is 11.6 Å². The van der Waals surface area contributed by atoms with Crippen LogP contribution in [0.1, 0.15) is 10.4 Å². The van der Waals surface area contributed by atoms with Crippen LogP contribution in [0.3, 0.4) is 0 Å². The fourth-order valence-electron chi connectivity index (χ4n) is 0.762. The van der Waals surface area contributed by atoms with Crippen LogP contribution < -0.4 is 0 Å². The molecular formula is C7H2BrClF2O2. The summed E-state index contributed by atoms with van der Waals surface area (Å²) in [6.07, 6.45) is 0. The molecule has 0 aliphatic heterocycles. The summed E-state index contributed by atoms with van der Waals surface area (Å²) in [6, 6.07) is 0.990. The Labute approximate surface area is 85.3 Å². The Hall–Kier alpha value is -0.680. The smallest absolute Gasteiger partial charge is 0.339 e. The van der Waals surface area contributed by atoms with E-state index in [1.165, 1.54) is 0 Å². The number of carboxylic acid groups (broad SMARTS) is 1. The zero-order chi connectivity index (χ0) is 10.2. The van der Waals surface area contributed by atoms with Crippen LogP contribution in [-0.4, -0.2) is 11.1 Å². The summed E-state index contributed by atoms with van der Waals surface area (Å²) in [5.74, 6) is -4.38. The molecule has 0 aromatic heterocycles. The van der Waals surface area contributed by atoms with Gasteiger partial charge < -0.3 is 5.11 Å². The fourth-order valence-corrected chi connectivity index (χ4v) is 1.66. The molecule has 2 nitrogen and oxygen atoms in total. The van der Waals surface area contributed by atoms with Gasteiger partial charge >= 0.3 is 5.97 Å². The standard InChI is InChI=1S/C7H2BrClF2O2/c8-2-1-3(9)5(10)6(11)4(2)7(12)13/h1H,(H,12,13). The lowest BCUT2D eigenvalue weighted by Gasteiger charge is -2.03. The number of halogens is 4. The maximum atomic E-state index is 12.9. The largest absolute Gasteiger partial charge is 0.478 e. The minimum absolute atomic E-state index is 0.0936. The molecule has 0 spiro atoms. The predicted octanol–water partition coefficient (Wildman–Crippen LogP) is 3.08. The van der Waals surface area contributed by atoms with E-state index in [0.717, 1.165) is 6.07 Å². The molecule has 70 valence electrons. The molecule has 0 bridgehead atoms. The molecule has 0 aliphatic rings. The molecule has 0 saturated heterocycles. The van der Waals surface area contributed by atoms with Crippen molar-refractivity contribution in [2.75, 3.05) is 0 Å².